The normalized spacial score (nSPS) is 12.9. The number of hydrogen-bond acceptors (Lipinski definition) is 4. The minimum Gasteiger partial charge on any atom is -0.493 e. The van der Waals surface area contributed by atoms with Crippen molar-refractivity contribution in [3.05, 3.63) is 47.5 Å². The second-order valence-electron chi connectivity index (χ2n) is 5.14. The quantitative estimate of drug-likeness (QED) is 0.884. The van der Waals surface area contributed by atoms with Crippen LogP contribution >= 0.6 is 0 Å². The van der Waals surface area contributed by atoms with Gasteiger partial charge in [-0.3, -0.25) is 4.79 Å². The molecule has 0 radical (unpaired) electrons. The first-order valence-electron chi connectivity index (χ1n) is 7.07. The molecule has 1 heterocycles. The van der Waals surface area contributed by atoms with E-state index in [1.165, 1.54) is 19.8 Å². The van der Waals surface area contributed by atoms with Crippen LogP contribution in [0.5, 0.6) is 11.5 Å². The molecular weight excluding hydrogens is 280 g/mol. The molecule has 0 saturated carbocycles. The second-order valence-corrected chi connectivity index (χ2v) is 5.14. The third-order valence-corrected chi connectivity index (χ3v) is 3.86. The highest BCUT2D eigenvalue weighted by atomic mass is 16.5. The van der Waals surface area contributed by atoms with Gasteiger partial charge in [-0.2, -0.15) is 0 Å². The predicted molar refractivity (Wildman–Crippen MR) is 85.8 cm³/mol. The Morgan fingerprint density at radius 1 is 1.18 bits per heavy atom. The van der Waals surface area contributed by atoms with E-state index in [9.17, 15) is 4.79 Å². The maximum atomic E-state index is 12.9. The van der Waals surface area contributed by atoms with Gasteiger partial charge in [0.25, 0.3) is 5.91 Å². The molecule has 0 fully saturated rings. The first-order valence-corrected chi connectivity index (χ1v) is 7.07. The zero-order valence-corrected chi connectivity index (χ0v) is 12.6. The van der Waals surface area contributed by atoms with E-state index < -0.39 is 0 Å². The zero-order valence-electron chi connectivity index (χ0n) is 12.6. The maximum Gasteiger partial charge on any atom is 0.262 e. The lowest BCUT2D eigenvalue weighted by atomic mass is 10.1. The van der Waals surface area contributed by atoms with E-state index in [2.05, 4.69) is 0 Å². The van der Waals surface area contributed by atoms with Crippen molar-refractivity contribution in [2.75, 3.05) is 31.4 Å². The van der Waals surface area contributed by atoms with Gasteiger partial charge < -0.3 is 20.1 Å². The van der Waals surface area contributed by atoms with Crippen LogP contribution in [0.1, 0.15) is 15.9 Å². The molecule has 114 valence electrons. The predicted octanol–water partition coefficient (Wildman–Crippen LogP) is 2.49. The van der Waals surface area contributed by atoms with E-state index in [0.29, 0.717) is 29.3 Å². The van der Waals surface area contributed by atoms with Crippen LogP contribution in [0.4, 0.5) is 11.4 Å². The van der Waals surface area contributed by atoms with E-state index >= 15 is 0 Å². The van der Waals surface area contributed by atoms with Crippen LogP contribution in [0.25, 0.3) is 0 Å². The summed E-state index contributed by atoms with van der Waals surface area (Å²) in [6.07, 6.45) is 0.851. The number of fused-ring (bicyclic) bond motifs is 1. The van der Waals surface area contributed by atoms with Crippen molar-refractivity contribution in [3.8, 4) is 11.5 Å². The molecule has 2 aromatic rings. The molecule has 1 aliphatic rings. The van der Waals surface area contributed by atoms with Gasteiger partial charge in [-0.05, 0) is 24.1 Å². The minimum absolute atomic E-state index is 0.132. The number of methoxy groups -OCH3 is 2. The van der Waals surface area contributed by atoms with Crippen LogP contribution in [-0.2, 0) is 6.42 Å². The Bertz CT molecular complexity index is 728. The largest absolute Gasteiger partial charge is 0.493 e. The van der Waals surface area contributed by atoms with Gasteiger partial charge >= 0.3 is 0 Å². The number of anilines is 2. The number of nitrogen functional groups attached to an aromatic ring is 1. The van der Waals surface area contributed by atoms with Crippen molar-refractivity contribution in [3.63, 3.8) is 0 Å². The standard InChI is InChI=1S/C17H18N2O3/c1-21-15-10-12(18)9-13(16(15)22-2)17(20)19-8-7-11-5-3-4-6-14(11)19/h3-6,9-10H,7-8,18H2,1-2H3. The number of nitrogens with zero attached hydrogens (tertiary/aromatic N) is 1. The summed E-state index contributed by atoms with van der Waals surface area (Å²) in [5, 5.41) is 0. The third kappa shape index (κ3) is 2.24. The smallest absolute Gasteiger partial charge is 0.262 e. The van der Waals surface area contributed by atoms with E-state index in [1.54, 1.807) is 17.0 Å². The van der Waals surface area contributed by atoms with Gasteiger partial charge in [0.1, 0.15) is 0 Å². The number of carbonyl (C=O) groups is 1. The van der Waals surface area contributed by atoms with E-state index in [1.807, 2.05) is 24.3 Å². The van der Waals surface area contributed by atoms with E-state index in [0.717, 1.165) is 12.1 Å². The summed E-state index contributed by atoms with van der Waals surface area (Å²) < 4.78 is 10.6. The molecule has 3 rings (SSSR count). The molecular formula is C17H18N2O3. The van der Waals surface area contributed by atoms with Gasteiger partial charge in [0.2, 0.25) is 0 Å². The highest BCUT2D eigenvalue weighted by Crippen LogP contribution is 2.36. The second kappa shape index (κ2) is 5.60. The first-order chi connectivity index (χ1) is 10.7. The lowest BCUT2D eigenvalue weighted by Gasteiger charge is -2.20. The van der Waals surface area contributed by atoms with Crippen LogP contribution in [0.2, 0.25) is 0 Å². The van der Waals surface area contributed by atoms with E-state index in [4.69, 9.17) is 15.2 Å². The molecule has 0 spiro atoms. The SMILES string of the molecule is COc1cc(N)cc(C(=O)N2CCc3ccccc32)c1OC. The highest BCUT2D eigenvalue weighted by molar-refractivity contribution is 6.10. The van der Waals surface area contributed by atoms with Crippen molar-refractivity contribution in [1.29, 1.82) is 0 Å². The Morgan fingerprint density at radius 3 is 2.68 bits per heavy atom. The van der Waals surface area contributed by atoms with Crippen molar-refractivity contribution in [1.82, 2.24) is 0 Å². The fraction of sp³-hybridized carbons (Fsp3) is 0.235. The van der Waals surface area contributed by atoms with Crippen LogP contribution in [0, 0.1) is 0 Å². The fourth-order valence-corrected chi connectivity index (χ4v) is 2.84. The molecule has 0 saturated heterocycles. The molecule has 22 heavy (non-hydrogen) atoms. The average Bonchev–Trinajstić information content (AvgIpc) is 2.97. The Labute approximate surface area is 129 Å². The molecule has 5 nitrogen and oxygen atoms in total. The zero-order chi connectivity index (χ0) is 15.7. The molecule has 2 N–H and O–H groups in total. The number of benzene rings is 2. The van der Waals surface area contributed by atoms with Crippen molar-refractivity contribution in [2.45, 2.75) is 6.42 Å². The van der Waals surface area contributed by atoms with Crippen molar-refractivity contribution < 1.29 is 14.3 Å². The molecule has 1 aliphatic heterocycles. The summed E-state index contributed by atoms with van der Waals surface area (Å²) >= 11 is 0. The summed E-state index contributed by atoms with van der Waals surface area (Å²) in [6, 6.07) is 11.2. The van der Waals surface area contributed by atoms with Crippen molar-refractivity contribution >= 4 is 17.3 Å². The topological polar surface area (TPSA) is 64.8 Å². The number of ether oxygens (including phenoxy) is 2. The Kier molecular flexibility index (Phi) is 3.63. The lowest BCUT2D eigenvalue weighted by Crippen LogP contribution is -2.29. The molecule has 0 unspecified atom stereocenters. The van der Waals surface area contributed by atoms with Gasteiger partial charge in [0.15, 0.2) is 11.5 Å². The van der Waals surface area contributed by atoms with Crippen LogP contribution in [-0.4, -0.2) is 26.7 Å². The molecule has 5 heteroatoms. The average molecular weight is 298 g/mol. The number of amides is 1. The molecule has 0 atom stereocenters. The summed E-state index contributed by atoms with van der Waals surface area (Å²) in [5.74, 6) is 0.733. The molecule has 0 bridgehead atoms. The number of hydrogen-bond donors (Lipinski definition) is 1. The minimum atomic E-state index is -0.132. The summed E-state index contributed by atoms with van der Waals surface area (Å²) in [7, 11) is 3.04. The molecule has 2 aromatic carbocycles. The van der Waals surface area contributed by atoms with Crippen LogP contribution in [0.15, 0.2) is 36.4 Å². The molecule has 0 aromatic heterocycles. The fourth-order valence-electron chi connectivity index (χ4n) is 2.84. The van der Waals surface area contributed by atoms with Crippen LogP contribution < -0.4 is 20.1 Å². The van der Waals surface area contributed by atoms with E-state index in [-0.39, 0.29) is 5.91 Å². The number of para-hydroxylation sites is 1. The summed E-state index contributed by atoms with van der Waals surface area (Å²) in [4.78, 5) is 14.7. The van der Waals surface area contributed by atoms with Crippen molar-refractivity contribution in [2.24, 2.45) is 0 Å². The Hall–Kier alpha value is -2.69. The first kappa shape index (κ1) is 14.3. The monoisotopic (exact) mass is 298 g/mol. The lowest BCUT2D eigenvalue weighted by molar-refractivity contribution is 0.0986. The number of nitrogens with two attached hydrogens (primary N) is 1. The highest BCUT2D eigenvalue weighted by Gasteiger charge is 2.28. The molecule has 0 aliphatic carbocycles. The van der Waals surface area contributed by atoms with Gasteiger partial charge in [0.05, 0.1) is 19.8 Å². The summed E-state index contributed by atoms with van der Waals surface area (Å²) in [6.45, 7) is 0.651. The number of carbonyl (C=O) groups excluding carboxylic acids is 1. The van der Waals surface area contributed by atoms with Gasteiger partial charge in [-0.15, -0.1) is 0 Å². The Balaban J connectivity index is 2.05. The van der Waals surface area contributed by atoms with Gasteiger partial charge in [-0.25, -0.2) is 0 Å². The van der Waals surface area contributed by atoms with Gasteiger partial charge in [-0.1, -0.05) is 18.2 Å². The van der Waals surface area contributed by atoms with Crippen LogP contribution in [0.3, 0.4) is 0 Å². The maximum absolute atomic E-state index is 12.9. The Morgan fingerprint density at radius 2 is 1.95 bits per heavy atom. The van der Waals surface area contributed by atoms with Gasteiger partial charge in [0, 0.05) is 24.0 Å². The molecule has 1 amide bonds. The third-order valence-electron chi connectivity index (χ3n) is 3.86. The number of rotatable bonds is 3. The summed E-state index contributed by atoms with van der Waals surface area (Å²) in [5.41, 5.74) is 8.88.